The van der Waals surface area contributed by atoms with E-state index in [0.717, 1.165) is 5.92 Å². The quantitative estimate of drug-likeness (QED) is 0.763. The summed E-state index contributed by atoms with van der Waals surface area (Å²) >= 11 is 0. The first kappa shape index (κ1) is 12.5. The Kier molecular flexibility index (Phi) is 4.18. The summed E-state index contributed by atoms with van der Waals surface area (Å²) in [6, 6.07) is 0. The van der Waals surface area contributed by atoms with Crippen LogP contribution < -0.4 is 5.32 Å². The molecule has 0 bridgehead atoms. The lowest BCUT2D eigenvalue weighted by atomic mass is 9.73. The molecule has 1 saturated carbocycles. The minimum absolute atomic E-state index is 0.0206. The summed E-state index contributed by atoms with van der Waals surface area (Å²) in [5, 5.41) is 3.15. The van der Waals surface area contributed by atoms with Crippen LogP contribution in [0.15, 0.2) is 0 Å². The van der Waals surface area contributed by atoms with Crippen LogP contribution in [-0.2, 0) is 4.79 Å². The first-order valence-electron chi connectivity index (χ1n) is 6.26. The van der Waals surface area contributed by atoms with Crippen LogP contribution in [0.3, 0.4) is 0 Å². The van der Waals surface area contributed by atoms with E-state index in [1.54, 1.807) is 0 Å². The second kappa shape index (κ2) is 5.00. The maximum Gasteiger partial charge on any atom is 0.220 e. The molecule has 1 N–H and O–H groups in total. The third-order valence-corrected chi connectivity index (χ3v) is 3.82. The second-order valence-corrected chi connectivity index (χ2v) is 5.58. The minimum Gasteiger partial charge on any atom is -0.351 e. The Labute approximate surface area is 93.8 Å². The van der Waals surface area contributed by atoms with Gasteiger partial charge in [0.15, 0.2) is 0 Å². The molecule has 0 atom stereocenters. The predicted molar refractivity (Wildman–Crippen MR) is 63.6 cm³/mol. The molecule has 0 aromatic carbocycles. The number of carbonyl (C=O) groups excluding carboxylic acids is 1. The summed E-state index contributed by atoms with van der Waals surface area (Å²) in [4.78, 5) is 11.4. The van der Waals surface area contributed by atoms with E-state index in [2.05, 4.69) is 26.1 Å². The molecule has 1 fully saturated rings. The first-order chi connectivity index (χ1) is 6.95. The van der Waals surface area contributed by atoms with E-state index < -0.39 is 0 Å². The molecule has 0 heterocycles. The molecule has 1 aliphatic carbocycles. The van der Waals surface area contributed by atoms with Gasteiger partial charge in [-0.2, -0.15) is 0 Å². The second-order valence-electron chi connectivity index (χ2n) is 5.58. The van der Waals surface area contributed by atoms with E-state index in [4.69, 9.17) is 0 Å². The van der Waals surface area contributed by atoms with E-state index >= 15 is 0 Å². The van der Waals surface area contributed by atoms with Crippen LogP contribution in [0, 0.1) is 11.8 Å². The van der Waals surface area contributed by atoms with Crippen molar-refractivity contribution in [3.05, 3.63) is 0 Å². The maximum absolute atomic E-state index is 11.4. The molecule has 1 rings (SSSR count). The average molecular weight is 211 g/mol. The minimum atomic E-state index is -0.0206. The predicted octanol–water partition coefficient (Wildman–Crippen LogP) is 3.12. The summed E-state index contributed by atoms with van der Waals surface area (Å²) in [7, 11) is 0. The number of carbonyl (C=O) groups is 1. The molecule has 0 radical (unpaired) electrons. The Morgan fingerprint density at radius 1 is 1.27 bits per heavy atom. The van der Waals surface area contributed by atoms with E-state index in [9.17, 15) is 4.79 Å². The number of amides is 1. The van der Waals surface area contributed by atoms with Gasteiger partial charge < -0.3 is 5.32 Å². The molecular weight excluding hydrogens is 186 g/mol. The standard InChI is InChI=1S/C13H25NO/c1-5-12(15)14-13(3,4)11-8-6-10(2)7-9-11/h10-11H,5-9H2,1-4H3,(H,14,15). The molecule has 1 aliphatic rings. The molecule has 0 saturated heterocycles. The van der Waals surface area contributed by atoms with Crippen LogP contribution in [0.5, 0.6) is 0 Å². The molecular formula is C13H25NO. The van der Waals surface area contributed by atoms with Crippen LogP contribution in [-0.4, -0.2) is 11.4 Å². The van der Waals surface area contributed by atoms with E-state index in [1.165, 1.54) is 25.7 Å². The van der Waals surface area contributed by atoms with E-state index in [0.29, 0.717) is 12.3 Å². The zero-order chi connectivity index (χ0) is 11.5. The maximum atomic E-state index is 11.4. The SMILES string of the molecule is CCC(=O)NC(C)(C)C1CCC(C)CC1. The molecule has 0 unspecified atom stereocenters. The number of nitrogens with one attached hydrogen (secondary N) is 1. The first-order valence-corrected chi connectivity index (χ1v) is 6.26. The molecule has 0 aromatic heterocycles. The zero-order valence-corrected chi connectivity index (χ0v) is 10.6. The van der Waals surface area contributed by atoms with Gasteiger partial charge in [0.25, 0.3) is 0 Å². The molecule has 15 heavy (non-hydrogen) atoms. The monoisotopic (exact) mass is 211 g/mol. The summed E-state index contributed by atoms with van der Waals surface area (Å²) in [5.41, 5.74) is -0.0206. The molecule has 0 spiro atoms. The highest BCUT2D eigenvalue weighted by atomic mass is 16.1. The fourth-order valence-corrected chi connectivity index (χ4v) is 2.53. The van der Waals surface area contributed by atoms with Gasteiger partial charge in [0.2, 0.25) is 5.91 Å². The fourth-order valence-electron chi connectivity index (χ4n) is 2.53. The van der Waals surface area contributed by atoms with Crippen molar-refractivity contribution in [1.29, 1.82) is 0 Å². The Balaban J connectivity index is 2.49. The molecule has 2 heteroatoms. The Hall–Kier alpha value is -0.530. The van der Waals surface area contributed by atoms with Crippen molar-refractivity contribution >= 4 is 5.91 Å². The molecule has 1 amide bonds. The molecule has 0 aliphatic heterocycles. The van der Waals surface area contributed by atoms with Crippen molar-refractivity contribution in [1.82, 2.24) is 5.32 Å². The van der Waals surface area contributed by atoms with Gasteiger partial charge in [-0.25, -0.2) is 0 Å². The lowest BCUT2D eigenvalue weighted by Gasteiger charge is -2.39. The topological polar surface area (TPSA) is 29.1 Å². The van der Waals surface area contributed by atoms with Crippen molar-refractivity contribution in [3.8, 4) is 0 Å². The van der Waals surface area contributed by atoms with Gasteiger partial charge in [0.05, 0.1) is 0 Å². The third kappa shape index (κ3) is 3.51. The van der Waals surface area contributed by atoms with Gasteiger partial charge in [0.1, 0.15) is 0 Å². The number of rotatable bonds is 3. The van der Waals surface area contributed by atoms with Crippen LogP contribution in [0.25, 0.3) is 0 Å². The zero-order valence-electron chi connectivity index (χ0n) is 10.6. The van der Waals surface area contributed by atoms with Crippen molar-refractivity contribution in [3.63, 3.8) is 0 Å². The summed E-state index contributed by atoms with van der Waals surface area (Å²) in [6.07, 6.45) is 5.75. The normalized spacial score (nSPS) is 27.5. The smallest absolute Gasteiger partial charge is 0.220 e. The molecule has 0 aromatic rings. The fraction of sp³-hybridized carbons (Fsp3) is 0.923. The van der Waals surface area contributed by atoms with Crippen molar-refractivity contribution < 1.29 is 4.79 Å². The number of hydrogen-bond donors (Lipinski definition) is 1. The lowest BCUT2D eigenvalue weighted by molar-refractivity contribution is -0.123. The Morgan fingerprint density at radius 3 is 2.27 bits per heavy atom. The van der Waals surface area contributed by atoms with Gasteiger partial charge in [-0.3, -0.25) is 4.79 Å². The molecule has 2 nitrogen and oxygen atoms in total. The van der Waals surface area contributed by atoms with Crippen LogP contribution in [0.4, 0.5) is 0 Å². The van der Waals surface area contributed by atoms with Crippen LogP contribution >= 0.6 is 0 Å². The lowest BCUT2D eigenvalue weighted by Crippen LogP contribution is -2.49. The van der Waals surface area contributed by atoms with Crippen molar-refractivity contribution in [2.24, 2.45) is 11.8 Å². The van der Waals surface area contributed by atoms with Crippen molar-refractivity contribution in [2.75, 3.05) is 0 Å². The third-order valence-electron chi connectivity index (χ3n) is 3.82. The van der Waals surface area contributed by atoms with Gasteiger partial charge >= 0.3 is 0 Å². The highest BCUT2D eigenvalue weighted by Crippen LogP contribution is 2.35. The van der Waals surface area contributed by atoms with E-state index in [-0.39, 0.29) is 11.4 Å². The largest absolute Gasteiger partial charge is 0.351 e. The summed E-state index contributed by atoms with van der Waals surface area (Å²) in [6.45, 7) is 8.57. The highest BCUT2D eigenvalue weighted by molar-refractivity contribution is 5.76. The summed E-state index contributed by atoms with van der Waals surface area (Å²) < 4.78 is 0. The van der Waals surface area contributed by atoms with Gasteiger partial charge in [-0.15, -0.1) is 0 Å². The molecule has 88 valence electrons. The van der Waals surface area contributed by atoms with Crippen LogP contribution in [0.2, 0.25) is 0 Å². The van der Waals surface area contributed by atoms with Gasteiger partial charge in [-0.1, -0.05) is 26.7 Å². The summed E-state index contributed by atoms with van der Waals surface area (Å²) in [5.74, 6) is 1.71. The Bertz CT molecular complexity index is 215. The van der Waals surface area contributed by atoms with Gasteiger partial charge in [-0.05, 0) is 38.5 Å². The van der Waals surface area contributed by atoms with Gasteiger partial charge in [0, 0.05) is 12.0 Å². The Morgan fingerprint density at radius 2 is 1.80 bits per heavy atom. The van der Waals surface area contributed by atoms with E-state index in [1.807, 2.05) is 6.92 Å². The number of hydrogen-bond acceptors (Lipinski definition) is 1. The average Bonchev–Trinajstić information content (AvgIpc) is 2.17. The van der Waals surface area contributed by atoms with Crippen molar-refractivity contribution in [2.45, 2.75) is 65.3 Å². The van der Waals surface area contributed by atoms with Crippen LogP contribution in [0.1, 0.15) is 59.8 Å². The highest BCUT2D eigenvalue weighted by Gasteiger charge is 2.32.